The van der Waals surface area contributed by atoms with E-state index >= 15 is 0 Å². The van der Waals surface area contributed by atoms with Crippen molar-refractivity contribution in [1.82, 2.24) is 10.1 Å². The number of Topliss-reactive ketones (excluding diaryl/α,β-unsaturated/α-hetero) is 2. The minimum absolute atomic E-state index is 0.00760. The number of benzene rings is 1. The van der Waals surface area contributed by atoms with Crippen molar-refractivity contribution in [2.45, 2.75) is 52.4 Å². The van der Waals surface area contributed by atoms with Gasteiger partial charge in [-0.05, 0) is 67.9 Å². The molecule has 0 bridgehead atoms. The maximum absolute atomic E-state index is 13.2. The summed E-state index contributed by atoms with van der Waals surface area (Å²) in [7, 11) is 0. The Labute approximate surface area is 182 Å². The number of nitrogens with zero attached hydrogens (tertiary/aromatic N) is 2. The first kappa shape index (κ1) is 21.0. The van der Waals surface area contributed by atoms with Crippen molar-refractivity contribution >= 4 is 17.5 Å². The Kier molecular flexibility index (Phi) is 5.53. The minimum atomic E-state index is -0.692. The van der Waals surface area contributed by atoms with Crippen LogP contribution in [0.2, 0.25) is 0 Å². The normalized spacial score (nSPS) is 18.7. The summed E-state index contributed by atoms with van der Waals surface area (Å²) in [5.41, 5.74) is 3.26. The van der Waals surface area contributed by atoms with Crippen molar-refractivity contribution < 1.29 is 18.9 Å². The van der Waals surface area contributed by atoms with Crippen LogP contribution in [-0.2, 0) is 9.59 Å². The molecule has 2 fully saturated rings. The van der Waals surface area contributed by atoms with Crippen molar-refractivity contribution in [1.29, 1.82) is 0 Å². The number of aryl methyl sites for hydroxylation is 2. The van der Waals surface area contributed by atoms with Crippen molar-refractivity contribution in [2.75, 3.05) is 13.1 Å². The second kappa shape index (κ2) is 8.14. The van der Waals surface area contributed by atoms with Gasteiger partial charge in [0.2, 0.25) is 5.76 Å². The number of carbonyl (C=O) groups excluding carboxylic acids is 3. The third-order valence-corrected chi connectivity index (χ3v) is 6.65. The van der Waals surface area contributed by atoms with Crippen LogP contribution >= 0.6 is 0 Å². The summed E-state index contributed by atoms with van der Waals surface area (Å²) in [5, 5.41) is 3.59. The Balaban J connectivity index is 1.50. The SMILES string of the molecule is CC#Cc1cc(C)c(C2C(=O)CC3(CCN(C(=O)c4ccno4)CC3)CC2=O)c(C)c1. The van der Waals surface area contributed by atoms with Crippen molar-refractivity contribution in [2.24, 2.45) is 5.41 Å². The number of aromatic nitrogens is 1. The van der Waals surface area contributed by atoms with E-state index in [0.29, 0.717) is 38.8 Å². The van der Waals surface area contributed by atoms with Crippen molar-refractivity contribution in [3.8, 4) is 11.8 Å². The summed E-state index contributed by atoms with van der Waals surface area (Å²) in [5.74, 6) is 5.26. The van der Waals surface area contributed by atoms with Crippen LogP contribution in [0.1, 0.15) is 71.3 Å². The maximum atomic E-state index is 13.2. The number of amides is 1. The number of likely N-dealkylation sites (tertiary alicyclic amines) is 1. The molecule has 2 aromatic rings. The lowest BCUT2D eigenvalue weighted by molar-refractivity contribution is -0.138. The second-order valence-electron chi connectivity index (χ2n) is 8.79. The summed E-state index contributed by atoms with van der Waals surface area (Å²) in [6.45, 7) is 6.69. The highest BCUT2D eigenvalue weighted by Crippen LogP contribution is 2.46. The molecule has 2 aliphatic rings. The van der Waals surface area contributed by atoms with Crippen LogP contribution in [0.25, 0.3) is 0 Å². The Morgan fingerprint density at radius 2 is 1.74 bits per heavy atom. The summed E-state index contributed by atoms with van der Waals surface area (Å²) in [4.78, 5) is 40.7. The molecule has 6 nitrogen and oxygen atoms in total. The number of ketones is 2. The molecule has 4 rings (SSSR count). The van der Waals surface area contributed by atoms with Crippen LogP contribution in [0.5, 0.6) is 0 Å². The average Bonchev–Trinajstić information content (AvgIpc) is 3.25. The first-order valence-corrected chi connectivity index (χ1v) is 10.6. The number of hydrogen-bond donors (Lipinski definition) is 0. The van der Waals surface area contributed by atoms with Gasteiger partial charge in [0.15, 0.2) is 0 Å². The van der Waals surface area contributed by atoms with E-state index < -0.39 is 5.92 Å². The fourth-order valence-electron chi connectivity index (χ4n) is 5.17. The number of hydrogen-bond acceptors (Lipinski definition) is 5. The molecule has 1 aliphatic carbocycles. The fourth-order valence-corrected chi connectivity index (χ4v) is 5.17. The lowest BCUT2D eigenvalue weighted by Crippen LogP contribution is -2.48. The van der Waals surface area contributed by atoms with E-state index in [-0.39, 0.29) is 28.6 Å². The molecule has 0 N–H and O–H groups in total. The van der Waals surface area contributed by atoms with E-state index in [1.807, 2.05) is 26.0 Å². The molecule has 0 radical (unpaired) electrons. The Morgan fingerprint density at radius 1 is 1.13 bits per heavy atom. The standard InChI is InChI=1S/C25H26N2O4/c1-4-5-18-12-16(2)22(17(3)13-18)23-19(28)14-25(15-20(23)29)7-10-27(11-8-25)24(30)21-6-9-26-31-21/h6,9,12-13,23H,7-8,10-11,14-15H2,1-3H3. The van der Waals surface area contributed by atoms with Crippen LogP contribution in [-0.4, -0.2) is 40.6 Å². The molecule has 1 aliphatic heterocycles. The predicted octanol–water partition coefficient (Wildman–Crippen LogP) is 3.60. The molecular weight excluding hydrogens is 392 g/mol. The fraction of sp³-hybridized carbons (Fsp3) is 0.440. The van der Waals surface area contributed by atoms with Gasteiger partial charge in [0, 0.05) is 37.6 Å². The highest BCUT2D eigenvalue weighted by Gasteiger charge is 2.48. The molecule has 6 heteroatoms. The highest BCUT2D eigenvalue weighted by atomic mass is 16.5. The van der Waals surface area contributed by atoms with E-state index in [1.54, 1.807) is 17.9 Å². The van der Waals surface area contributed by atoms with Crippen LogP contribution in [0.15, 0.2) is 28.9 Å². The van der Waals surface area contributed by atoms with Crippen molar-refractivity contribution in [3.63, 3.8) is 0 Å². The Morgan fingerprint density at radius 3 is 2.26 bits per heavy atom. The second-order valence-corrected chi connectivity index (χ2v) is 8.79. The van der Waals surface area contributed by atoms with Crippen molar-refractivity contribution in [3.05, 3.63) is 52.4 Å². The van der Waals surface area contributed by atoms with Gasteiger partial charge in [-0.25, -0.2) is 0 Å². The molecule has 1 saturated heterocycles. The Hall–Kier alpha value is -3.20. The third-order valence-electron chi connectivity index (χ3n) is 6.65. The molecule has 31 heavy (non-hydrogen) atoms. The van der Waals surface area contributed by atoms with E-state index in [0.717, 1.165) is 22.3 Å². The lowest BCUT2D eigenvalue weighted by atomic mass is 9.62. The van der Waals surface area contributed by atoms with Gasteiger partial charge in [-0.15, -0.1) is 5.92 Å². The molecular formula is C25H26N2O4. The average molecular weight is 418 g/mol. The largest absolute Gasteiger partial charge is 0.351 e. The first-order chi connectivity index (χ1) is 14.8. The zero-order valence-corrected chi connectivity index (χ0v) is 18.2. The summed E-state index contributed by atoms with van der Waals surface area (Å²) in [6.07, 6.45) is 3.48. The summed E-state index contributed by atoms with van der Waals surface area (Å²) < 4.78 is 4.97. The minimum Gasteiger partial charge on any atom is -0.351 e. The maximum Gasteiger partial charge on any atom is 0.292 e. The smallest absolute Gasteiger partial charge is 0.292 e. The van der Waals surface area contributed by atoms with Crippen LogP contribution in [0.4, 0.5) is 0 Å². The summed E-state index contributed by atoms with van der Waals surface area (Å²) in [6, 6.07) is 5.46. The number of carbonyl (C=O) groups is 3. The molecule has 1 aromatic carbocycles. The number of piperidine rings is 1. The topological polar surface area (TPSA) is 80.5 Å². The van der Waals surface area contributed by atoms with Gasteiger partial charge in [-0.2, -0.15) is 0 Å². The van der Waals surface area contributed by atoms with Crippen LogP contribution in [0, 0.1) is 31.1 Å². The zero-order valence-electron chi connectivity index (χ0n) is 18.2. The molecule has 160 valence electrons. The molecule has 1 saturated carbocycles. The van der Waals surface area contributed by atoms with E-state index in [1.165, 1.54) is 6.20 Å². The van der Waals surface area contributed by atoms with Gasteiger partial charge in [0.25, 0.3) is 5.91 Å². The van der Waals surface area contributed by atoms with Gasteiger partial charge < -0.3 is 9.42 Å². The molecule has 1 aromatic heterocycles. The van der Waals surface area contributed by atoms with Crippen LogP contribution in [0.3, 0.4) is 0 Å². The van der Waals surface area contributed by atoms with Gasteiger partial charge in [-0.1, -0.05) is 11.1 Å². The quantitative estimate of drug-likeness (QED) is 0.550. The van der Waals surface area contributed by atoms with E-state index in [9.17, 15) is 14.4 Å². The van der Waals surface area contributed by atoms with Gasteiger partial charge >= 0.3 is 0 Å². The number of rotatable bonds is 2. The van der Waals surface area contributed by atoms with Gasteiger partial charge in [0.05, 0.1) is 6.20 Å². The lowest BCUT2D eigenvalue weighted by Gasteiger charge is -2.44. The molecule has 1 spiro atoms. The van der Waals surface area contributed by atoms with Gasteiger partial charge in [-0.3, -0.25) is 14.4 Å². The molecule has 0 unspecified atom stereocenters. The first-order valence-electron chi connectivity index (χ1n) is 10.6. The Bertz CT molecular complexity index is 1050. The highest BCUT2D eigenvalue weighted by molar-refractivity contribution is 6.10. The van der Waals surface area contributed by atoms with E-state index in [4.69, 9.17) is 4.52 Å². The van der Waals surface area contributed by atoms with Crippen LogP contribution < -0.4 is 0 Å². The van der Waals surface area contributed by atoms with E-state index in [2.05, 4.69) is 17.0 Å². The molecule has 1 amide bonds. The third kappa shape index (κ3) is 3.93. The molecule has 2 heterocycles. The zero-order chi connectivity index (χ0) is 22.2. The summed E-state index contributed by atoms with van der Waals surface area (Å²) >= 11 is 0. The predicted molar refractivity (Wildman–Crippen MR) is 115 cm³/mol. The molecule has 0 atom stereocenters. The monoisotopic (exact) mass is 418 g/mol. The van der Waals surface area contributed by atoms with Gasteiger partial charge in [0.1, 0.15) is 17.5 Å².